The molecule has 0 atom stereocenters. The topological polar surface area (TPSA) is 52.6 Å². The number of hydrogen-bond acceptors (Lipinski definition) is 4. The molecule has 0 unspecified atom stereocenters. The van der Waals surface area contributed by atoms with Crippen LogP contribution in [0.3, 0.4) is 0 Å². The molecule has 0 amide bonds. The van der Waals surface area contributed by atoms with Crippen LogP contribution in [0.5, 0.6) is 0 Å². The second kappa shape index (κ2) is 5.22. The van der Waals surface area contributed by atoms with Gasteiger partial charge in [0.05, 0.1) is 0 Å². The minimum absolute atomic E-state index is 0.599. The molecule has 0 aromatic rings. The molecule has 0 saturated heterocycles. The van der Waals surface area contributed by atoms with Crippen molar-refractivity contribution in [2.75, 3.05) is 7.11 Å². The Morgan fingerprint density at radius 3 is 2.20 bits per heavy atom. The monoisotopic (exact) mass is 236 g/mol. The average molecular weight is 237 g/mol. The average Bonchev–Trinajstić information content (AvgIpc) is 1.99. The van der Waals surface area contributed by atoms with Crippen molar-refractivity contribution in [3.05, 3.63) is 12.2 Å². The molecule has 10 heavy (non-hydrogen) atoms. The van der Waals surface area contributed by atoms with E-state index in [-0.39, 0.29) is 0 Å². The van der Waals surface area contributed by atoms with Gasteiger partial charge in [0.1, 0.15) is 0 Å². The molecule has 0 N–H and O–H groups in total. The summed E-state index contributed by atoms with van der Waals surface area (Å²) >= 11 is 2.45. The first-order valence-corrected chi connectivity index (χ1v) is 2.86. The molecule has 60 valence electrons. The molecule has 0 heterocycles. The molecule has 0 aliphatic carbocycles. The van der Waals surface area contributed by atoms with E-state index in [1.165, 1.54) is 7.11 Å². The zero-order chi connectivity index (χ0) is 7.98. The predicted octanol–water partition coefficient (Wildman–Crippen LogP) is -0.279. The van der Waals surface area contributed by atoms with Crippen LogP contribution >= 0.6 is 0 Å². The van der Waals surface area contributed by atoms with Gasteiger partial charge in [-0.15, -0.1) is 0 Å². The van der Waals surface area contributed by atoms with E-state index in [9.17, 15) is 9.59 Å². The van der Waals surface area contributed by atoms with E-state index in [0.29, 0.717) is 0 Å². The number of esters is 1. The van der Waals surface area contributed by atoms with Gasteiger partial charge in [0, 0.05) is 0 Å². The Balaban J connectivity index is 3.75. The Hall–Kier alpha value is -0.580. The molecular weight excluding hydrogens is 232 g/mol. The Bertz CT molecular complexity index is 145. The van der Waals surface area contributed by atoms with Crippen molar-refractivity contribution in [2.24, 2.45) is 0 Å². The van der Waals surface area contributed by atoms with Crippen LogP contribution in [0.1, 0.15) is 0 Å². The third-order valence-corrected chi connectivity index (χ3v) is 0.916. The Morgan fingerprint density at radius 2 is 1.80 bits per heavy atom. The first-order chi connectivity index (χ1) is 4.70. The molecule has 5 heteroatoms. The first-order valence-electron chi connectivity index (χ1n) is 2.26. The van der Waals surface area contributed by atoms with Crippen molar-refractivity contribution in [3.8, 4) is 0 Å². The molecule has 0 spiro atoms. The predicted molar refractivity (Wildman–Crippen MR) is 27.2 cm³/mol. The molecule has 0 saturated carbocycles. The van der Waals surface area contributed by atoms with Gasteiger partial charge >= 0.3 is 70.2 Å². The van der Waals surface area contributed by atoms with E-state index in [4.69, 9.17) is 0 Å². The van der Waals surface area contributed by atoms with Crippen LogP contribution < -0.4 is 0 Å². The van der Waals surface area contributed by atoms with E-state index < -0.39 is 11.9 Å². The van der Waals surface area contributed by atoms with E-state index in [1.807, 2.05) is 0 Å². The van der Waals surface area contributed by atoms with Crippen LogP contribution in [0, 0.1) is 0 Å². The van der Waals surface area contributed by atoms with Crippen molar-refractivity contribution in [2.45, 2.75) is 0 Å². The van der Waals surface area contributed by atoms with Crippen molar-refractivity contribution >= 4 is 11.9 Å². The van der Waals surface area contributed by atoms with E-state index in [0.717, 1.165) is 12.2 Å². The quantitative estimate of drug-likeness (QED) is 0.376. The second-order valence-electron chi connectivity index (χ2n) is 1.24. The van der Waals surface area contributed by atoms with Crippen LogP contribution in [-0.4, -0.2) is 19.0 Å². The summed E-state index contributed by atoms with van der Waals surface area (Å²) in [6.45, 7) is 0. The first kappa shape index (κ1) is 9.42. The fraction of sp³-hybridized carbons (Fsp3) is 0.200. The van der Waals surface area contributed by atoms with Crippen molar-refractivity contribution < 1.29 is 39.0 Å². The molecule has 0 aliphatic rings. The number of carbonyl (C=O) groups excluding carboxylic acids is 2. The van der Waals surface area contributed by atoms with Crippen LogP contribution in [0.4, 0.5) is 0 Å². The van der Waals surface area contributed by atoms with E-state index in [1.54, 1.807) is 0 Å². The van der Waals surface area contributed by atoms with Gasteiger partial charge in [-0.1, -0.05) is 0 Å². The fourth-order valence-corrected chi connectivity index (χ4v) is 0.325. The van der Waals surface area contributed by atoms with Gasteiger partial charge in [-0.25, -0.2) is 0 Å². The minimum atomic E-state index is -0.663. The molecule has 0 bridgehead atoms. The van der Waals surface area contributed by atoms with Crippen LogP contribution in [0.2, 0.25) is 0 Å². The third kappa shape index (κ3) is 4.31. The summed E-state index contributed by atoms with van der Waals surface area (Å²) in [5.41, 5.74) is 0. The van der Waals surface area contributed by atoms with Gasteiger partial charge in [0.25, 0.3) is 0 Å². The van der Waals surface area contributed by atoms with Gasteiger partial charge in [0.2, 0.25) is 0 Å². The number of rotatable bonds is 2. The molecule has 0 fully saturated rings. The Labute approximate surface area is 70.6 Å². The number of hydrogen-bond donors (Lipinski definition) is 0. The summed E-state index contributed by atoms with van der Waals surface area (Å²) in [6.07, 6.45) is 1.91. The maximum atomic E-state index is 10.3. The molecule has 0 aromatic heterocycles. The number of ether oxygens (including phenoxy) is 1. The van der Waals surface area contributed by atoms with Gasteiger partial charge < -0.3 is 0 Å². The third-order valence-electron chi connectivity index (χ3n) is 0.617. The van der Waals surface area contributed by atoms with Crippen LogP contribution in [0.25, 0.3) is 0 Å². The summed E-state index contributed by atoms with van der Waals surface area (Å²) in [5.74, 6) is -1.26. The zero-order valence-corrected chi connectivity index (χ0v) is 6.57. The number of methoxy groups -OCH3 is 1. The summed E-state index contributed by atoms with van der Waals surface area (Å²) in [6, 6.07) is 0. The second-order valence-corrected chi connectivity index (χ2v) is 1.54. The SMILES string of the molecule is COC(=O)C=CC(=O)[O][Ag]. The van der Waals surface area contributed by atoms with Crippen LogP contribution in [-0.2, 0) is 39.0 Å². The summed E-state index contributed by atoms with van der Waals surface area (Å²) < 4.78 is 8.22. The van der Waals surface area contributed by atoms with Crippen molar-refractivity contribution in [3.63, 3.8) is 0 Å². The van der Waals surface area contributed by atoms with Gasteiger partial charge in [-0.3, -0.25) is 0 Å². The van der Waals surface area contributed by atoms with Gasteiger partial charge in [-0.05, 0) is 0 Å². The molecular formula is C5H5AgO4. The zero-order valence-electron chi connectivity index (χ0n) is 5.09. The van der Waals surface area contributed by atoms with Crippen molar-refractivity contribution in [1.29, 1.82) is 0 Å². The van der Waals surface area contributed by atoms with Gasteiger partial charge in [-0.2, -0.15) is 0 Å². The molecule has 0 rings (SSSR count). The van der Waals surface area contributed by atoms with Crippen LogP contribution in [0.15, 0.2) is 12.2 Å². The molecule has 0 aliphatic heterocycles. The standard InChI is InChI=1S/C5H6O4.Ag/c1-9-5(8)3-2-4(6)7;/h2-3H,1H3,(H,6,7);/q;+1/p-1. The molecule has 0 aromatic carbocycles. The van der Waals surface area contributed by atoms with E-state index >= 15 is 0 Å². The molecule has 0 radical (unpaired) electrons. The van der Waals surface area contributed by atoms with Crippen molar-refractivity contribution in [1.82, 2.24) is 0 Å². The maximum absolute atomic E-state index is 10.3. The van der Waals surface area contributed by atoms with E-state index in [2.05, 4.69) is 29.4 Å². The summed E-state index contributed by atoms with van der Waals surface area (Å²) in [4.78, 5) is 20.6. The Morgan fingerprint density at radius 1 is 1.30 bits per heavy atom. The Kier molecular flexibility index (Phi) is 4.92. The molecule has 4 nitrogen and oxygen atoms in total. The fourth-order valence-electron chi connectivity index (χ4n) is 0.225. The summed E-state index contributed by atoms with van der Waals surface area (Å²) in [7, 11) is 1.21. The number of carbonyl (C=O) groups is 2. The summed E-state index contributed by atoms with van der Waals surface area (Å²) in [5, 5.41) is 0. The normalized spacial score (nSPS) is 9.50. The van der Waals surface area contributed by atoms with Gasteiger partial charge in [0.15, 0.2) is 0 Å².